The summed E-state index contributed by atoms with van der Waals surface area (Å²) < 4.78 is 0. The van der Waals surface area contributed by atoms with Crippen molar-refractivity contribution in [3.63, 3.8) is 0 Å². The molecule has 0 amide bonds. The van der Waals surface area contributed by atoms with Crippen LogP contribution >= 0.6 is 0 Å². The van der Waals surface area contributed by atoms with Crippen molar-refractivity contribution in [2.24, 2.45) is 5.84 Å². The van der Waals surface area contributed by atoms with Crippen LogP contribution in [0.1, 0.15) is 0 Å². The van der Waals surface area contributed by atoms with Crippen LogP contribution in [0, 0.1) is 0 Å². The fraction of sp³-hybridized carbons (Fsp3) is 0. The summed E-state index contributed by atoms with van der Waals surface area (Å²) in [4.78, 5) is 4.09. The molecule has 1 aromatic heterocycles. The van der Waals surface area contributed by atoms with E-state index in [-0.39, 0.29) is 0 Å². The second kappa shape index (κ2) is 2.25. The number of hydrogen-bond acceptors (Lipinski definition) is 4. The lowest BCUT2D eigenvalue weighted by atomic mass is 10.3. The predicted octanol–water partition coefficient (Wildman–Crippen LogP) is 0.658. The molecule has 0 fully saturated rings. The minimum Gasteiger partial charge on any atom is -0.357 e. The Balaban J connectivity index is 2.50. The van der Waals surface area contributed by atoms with Crippen molar-refractivity contribution in [2.75, 3.05) is 10.3 Å². The lowest BCUT2D eigenvalue weighted by Crippen LogP contribution is -2.28. The zero-order valence-electron chi connectivity index (χ0n) is 5.86. The van der Waals surface area contributed by atoms with E-state index in [2.05, 4.69) is 10.3 Å². The zero-order valence-corrected chi connectivity index (χ0v) is 5.86. The topological polar surface area (TPSA) is 54.2 Å². The van der Waals surface area contributed by atoms with E-state index >= 15 is 0 Å². The molecule has 3 N–H and O–H groups in total. The van der Waals surface area contributed by atoms with Gasteiger partial charge < -0.3 is 5.32 Å². The molecule has 1 aromatic rings. The number of fused-ring (bicyclic) bond motifs is 1. The molecule has 0 saturated heterocycles. The highest BCUT2D eigenvalue weighted by Gasteiger charge is 2.08. The third kappa shape index (κ3) is 0.929. The van der Waals surface area contributed by atoms with Crippen molar-refractivity contribution in [2.45, 2.75) is 0 Å². The monoisotopic (exact) mass is 148 g/mol. The Hall–Kier alpha value is -1.55. The lowest BCUT2D eigenvalue weighted by Gasteiger charge is -2.19. The molecule has 0 aliphatic carbocycles. The molecular formula is C7H8N4. The molecule has 0 radical (unpaired) electrons. The highest BCUT2D eigenvalue weighted by atomic mass is 15.4. The molecule has 2 rings (SSSR count). The Morgan fingerprint density at radius 2 is 2.45 bits per heavy atom. The van der Waals surface area contributed by atoms with Crippen LogP contribution in [0.5, 0.6) is 0 Å². The van der Waals surface area contributed by atoms with Crippen molar-refractivity contribution >= 4 is 11.5 Å². The summed E-state index contributed by atoms with van der Waals surface area (Å²) in [5.74, 6) is 6.34. The van der Waals surface area contributed by atoms with Crippen LogP contribution in [0.2, 0.25) is 0 Å². The summed E-state index contributed by atoms with van der Waals surface area (Å²) in [5.41, 5.74) is 0.928. The molecule has 1 aliphatic heterocycles. The molecule has 56 valence electrons. The summed E-state index contributed by atoms with van der Waals surface area (Å²) >= 11 is 0. The highest BCUT2D eigenvalue weighted by Crippen LogP contribution is 2.22. The van der Waals surface area contributed by atoms with Crippen molar-refractivity contribution < 1.29 is 0 Å². The van der Waals surface area contributed by atoms with E-state index in [1.807, 2.05) is 12.1 Å². The molecule has 4 heteroatoms. The number of aromatic nitrogens is 1. The zero-order chi connectivity index (χ0) is 7.68. The number of hydrazine groups is 1. The molecule has 2 heterocycles. The van der Waals surface area contributed by atoms with Crippen molar-refractivity contribution in [1.82, 2.24) is 4.98 Å². The Bertz CT molecular complexity index is 294. The van der Waals surface area contributed by atoms with Crippen molar-refractivity contribution in [3.8, 4) is 0 Å². The third-order valence-corrected chi connectivity index (χ3v) is 1.51. The SMILES string of the molecule is NN1C=CNc2cccnc21. The Morgan fingerprint density at radius 3 is 3.27 bits per heavy atom. The maximum Gasteiger partial charge on any atom is 0.170 e. The van der Waals surface area contributed by atoms with Gasteiger partial charge in [-0.3, -0.25) is 5.01 Å². The fourth-order valence-electron chi connectivity index (χ4n) is 0.993. The second-order valence-corrected chi connectivity index (χ2v) is 2.24. The summed E-state index contributed by atoms with van der Waals surface area (Å²) in [6.45, 7) is 0. The van der Waals surface area contributed by atoms with E-state index in [1.165, 1.54) is 5.01 Å². The molecule has 0 unspecified atom stereocenters. The summed E-state index contributed by atoms with van der Waals surface area (Å²) in [6, 6.07) is 3.78. The Morgan fingerprint density at radius 1 is 1.55 bits per heavy atom. The number of nitrogens with two attached hydrogens (primary N) is 1. The molecular weight excluding hydrogens is 140 g/mol. The first-order chi connectivity index (χ1) is 5.38. The van der Waals surface area contributed by atoms with Gasteiger partial charge >= 0.3 is 0 Å². The maximum absolute atomic E-state index is 5.59. The summed E-state index contributed by atoms with van der Waals surface area (Å²) in [7, 11) is 0. The van der Waals surface area contributed by atoms with Crippen LogP contribution in [-0.2, 0) is 0 Å². The van der Waals surface area contributed by atoms with Gasteiger partial charge in [-0.2, -0.15) is 0 Å². The molecule has 0 saturated carbocycles. The van der Waals surface area contributed by atoms with Crippen LogP contribution < -0.4 is 16.2 Å². The van der Waals surface area contributed by atoms with Gasteiger partial charge in [-0.1, -0.05) is 0 Å². The lowest BCUT2D eigenvalue weighted by molar-refractivity contribution is 1.01. The Kier molecular flexibility index (Phi) is 1.26. The van der Waals surface area contributed by atoms with Gasteiger partial charge in [0.05, 0.1) is 5.69 Å². The van der Waals surface area contributed by atoms with Crippen LogP contribution in [0.25, 0.3) is 0 Å². The first-order valence-corrected chi connectivity index (χ1v) is 3.30. The number of nitrogens with zero attached hydrogens (tertiary/aromatic N) is 2. The predicted molar refractivity (Wildman–Crippen MR) is 43.7 cm³/mol. The molecule has 1 aliphatic rings. The van der Waals surface area contributed by atoms with Gasteiger partial charge in [0.25, 0.3) is 0 Å². The molecule has 11 heavy (non-hydrogen) atoms. The van der Waals surface area contributed by atoms with Gasteiger partial charge in [0.2, 0.25) is 0 Å². The number of nitrogens with one attached hydrogen (secondary N) is 1. The van der Waals surface area contributed by atoms with Gasteiger partial charge in [-0.15, -0.1) is 0 Å². The normalized spacial score (nSPS) is 14.1. The Labute approximate surface area is 64.3 Å². The van der Waals surface area contributed by atoms with Gasteiger partial charge in [-0.25, -0.2) is 10.8 Å². The average Bonchev–Trinajstić information content (AvgIpc) is 2.06. The standard InChI is InChI=1S/C7H8N4/c8-11-5-4-9-6-2-1-3-10-7(6)11/h1-5,9H,8H2. The van der Waals surface area contributed by atoms with E-state index in [9.17, 15) is 0 Å². The van der Waals surface area contributed by atoms with Gasteiger partial charge in [0.15, 0.2) is 5.82 Å². The van der Waals surface area contributed by atoms with Crippen molar-refractivity contribution in [1.29, 1.82) is 0 Å². The second-order valence-electron chi connectivity index (χ2n) is 2.24. The molecule has 0 bridgehead atoms. The van der Waals surface area contributed by atoms with Crippen molar-refractivity contribution in [3.05, 3.63) is 30.7 Å². The number of rotatable bonds is 0. The smallest absolute Gasteiger partial charge is 0.170 e. The molecule has 0 aromatic carbocycles. The quantitative estimate of drug-likeness (QED) is 0.530. The molecule has 0 spiro atoms. The number of anilines is 2. The number of hydrogen-bond donors (Lipinski definition) is 2. The van der Waals surface area contributed by atoms with Gasteiger partial charge in [0.1, 0.15) is 0 Å². The van der Waals surface area contributed by atoms with Gasteiger partial charge in [-0.05, 0) is 12.1 Å². The fourth-order valence-corrected chi connectivity index (χ4v) is 0.993. The first kappa shape index (κ1) is 6.18. The van der Waals surface area contributed by atoms with E-state index in [0.717, 1.165) is 11.5 Å². The van der Waals surface area contributed by atoms with Crippen LogP contribution in [0.15, 0.2) is 30.7 Å². The largest absolute Gasteiger partial charge is 0.357 e. The van der Waals surface area contributed by atoms with Gasteiger partial charge in [0, 0.05) is 18.6 Å². The van der Waals surface area contributed by atoms with Crippen LogP contribution in [-0.4, -0.2) is 4.98 Å². The van der Waals surface area contributed by atoms with E-state index in [1.54, 1.807) is 18.6 Å². The minimum absolute atomic E-state index is 0.745. The summed E-state index contributed by atoms with van der Waals surface area (Å²) in [6.07, 6.45) is 5.19. The van der Waals surface area contributed by atoms with E-state index < -0.39 is 0 Å². The van der Waals surface area contributed by atoms with E-state index in [0.29, 0.717) is 0 Å². The molecule has 4 nitrogen and oxygen atoms in total. The highest BCUT2D eigenvalue weighted by molar-refractivity contribution is 5.69. The maximum atomic E-state index is 5.59. The van der Waals surface area contributed by atoms with Crippen LogP contribution in [0.4, 0.5) is 11.5 Å². The minimum atomic E-state index is 0.745. The van der Waals surface area contributed by atoms with E-state index in [4.69, 9.17) is 5.84 Å². The molecule has 0 atom stereocenters. The average molecular weight is 148 g/mol. The number of pyridine rings is 1. The van der Waals surface area contributed by atoms with Crippen LogP contribution in [0.3, 0.4) is 0 Å². The third-order valence-electron chi connectivity index (χ3n) is 1.51. The summed E-state index contributed by atoms with van der Waals surface area (Å²) in [5, 5.41) is 4.51. The first-order valence-electron chi connectivity index (χ1n) is 3.30.